The van der Waals surface area contributed by atoms with E-state index in [0.717, 1.165) is 0 Å². The highest BCUT2D eigenvalue weighted by Crippen LogP contribution is 2.30. The maximum absolute atomic E-state index is 14.0. The lowest BCUT2D eigenvalue weighted by Crippen LogP contribution is -2.30. The van der Waals surface area contributed by atoms with E-state index in [0.29, 0.717) is 18.5 Å². The predicted molar refractivity (Wildman–Crippen MR) is 66.7 cm³/mol. The van der Waals surface area contributed by atoms with Crippen LogP contribution >= 0.6 is 11.6 Å². The zero-order valence-electron chi connectivity index (χ0n) is 9.46. The molecule has 3 rings (SSSR count). The van der Waals surface area contributed by atoms with Gasteiger partial charge in [-0.3, -0.25) is 0 Å². The molecule has 0 amide bonds. The minimum absolute atomic E-state index is 0.0717. The first-order valence-corrected chi connectivity index (χ1v) is 6.07. The summed E-state index contributed by atoms with van der Waals surface area (Å²) >= 11 is 5.63. The van der Waals surface area contributed by atoms with E-state index in [1.54, 1.807) is 16.8 Å². The van der Waals surface area contributed by atoms with Crippen LogP contribution in [0.15, 0.2) is 18.3 Å². The third-order valence-electron chi connectivity index (χ3n) is 3.42. The highest BCUT2D eigenvalue weighted by atomic mass is 35.5. The monoisotopic (exact) mass is 271 g/mol. The second-order valence-electron chi connectivity index (χ2n) is 4.54. The highest BCUT2D eigenvalue weighted by Gasteiger charge is 2.27. The van der Waals surface area contributed by atoms with E-state index < -0.39 is 11.6 Å². The minimum atomic E-state index is -1.01. The van der Waals surface area contributed by atoms with E-state index in [1.807, 2.05) is 0 Å². The van der Waals surface area contributed by atoms with Crippen LogP contribution in [0.25, 0.3) is 10.9 Å². The quantitative estimate of drug-likeness (QED) is 0.780. The number of nitrogens with two attached hydrogens (primary N) is 1. The van der Waals surface area contributed by atoms with Crippen molar-refractivity contribution in [3.05, 3.63) is 35.0 Å². The van der Waals surface area contributed by atoms with E-state index in [1.165, 1.54) is 6.07 Å². The summed E-state index contributed by atoms with van der Waals surface area (Å²) in [7, 11) is 0. The summed E-state index contributed by atoms with van der Waals surface area (Å²) in [6.07, 6.45) is 1.72. The molecule has 18 heavy (non-hydrogen) atoms. The Morgan fingerprint density at radius 2 is 2.11 bits per heavy atom. The molecule has 2 heterocycles. The van der Waals surface area contributed by atoms with Crippen molar-refractivity contribution in [3.8, 4) is 0 Å². The number of nitrogens with zero attached hydrogens (tertiary/aromatic N) is 1. The number of benzene rings is 1. The van der Waals surface area contributed by atoms with Crippen molar-refractivity contribution < 1.29 is 8.78 Å². The van der Waals surface area contributed by atoms with Crippen molar-refractivity contribution in [2.45, 2.75) is 12.1 Å². The van der Waals surface area contributed by atoms with Crippen LogP contribution in [0, 0.1) is 11.6 Å². The summed E-state index contributed by atoms with van der Waals surface area (Å²) in [5.74, 6) is -1.93. The van der Waals surface area contributed by atoms with E-state index in [9.17, 15) is 8.78 Å². The van der Waals surface area contributed by atoms with Crippen molar-refractivity contribution in [1.29, 1.82) is 0 Å². The third-order valence-corrected chi connectivity index (χ3v) is 3.70. The number of nitrogens with one attached hydrogen (secondary N) is 1. The van der Waals surface area contributed by atoms with Crippen LogP contribution in [0.3, 0.4) is 0 Å². The fraction of sp³-hybridized carbons (Fsp3) is 0.333. The van der Waals surface area contributed by atoms with Crippen LogP contribution in [-0.4, -0.2) is 23.7 Å². The summed E-state index contributed by atoms with van der Waals surface area (Å²) in [6, 6.07) is 2.96. The summed E-state index contributed by atoms with van der Waals surface area (Å²) in [6.45, 7) is 1.32. The number of hydrogen-bond donors (Lipinski definition) is 2. The van der Waals surface area contributed by atoms with Gasteiger partial charge in [-0.1, -0.05) is 11.6 Å². The Hall–Kier alpha value is -1.17. The SMILES string of the molecule is N[C@@H]1CNC[C@@H]1n1ccc2cc(Cl)c(F)c(F)c21. The summed E-state index contributed by atoms with van der Waals surface area (Å²) in [5, 5.41) is 3.51. The molecular formula is C12H12ClF2N3. The van der Waals surface area contributed by atoms with Crippen LogP contribution in [0.1, 0.15) is 6.04 Å². The normalized spacial score (nSPS) is 24.0. The van der Waals surface area contributed by atoms with Gasteiger partial charge in [-0.15, -0.1) is 0 Å². The van der Waals surface area contributed by atoms with Gasteiger partial charge in [0.2, 0.25) is 0 Å². The second-order valence-corrected chi connectivity index (χ2v) is 4.94. The van der Waals surface area contributed by atoms with Crippen LogP contribution in [0.4, 0.5) is 8.78 Å². The van der Waals surface area contributed by atoms with Crippen LogP contribution < -0.4 is 11.1 Å². The fourth-order valence-electron chi connectivity index (χ4n) is 2.49. The molecule has 1 aromatic carbocycles. The van der Waals surface area contributed by atoms with Gasteiger partial charge >= 0.3 is 0 Å². The molecule has 0 spiro atoms. The lowest BCUT2D eigenvalue weighted by atomic mass is 10.1. The molecule has 96 valence electrons. The van der Waals surface area contributed by atoms with Gasteiger partial charge in [0.25, 0.3) is 0 Å². The summed E-state index contributed by atoms with van der Waals surface area (Å²) < 4.78 is 29.2. The van der Waals surface area contributed by atoms with E-state index >= 15 is 0 Å². The van der Waals surface area contributed by atoms with Gasteiger partial charge in [0.15, 0.2) is 11.6 Å². The number of halogens is 3. The van der Waals surface area contributed by atoms with Gasteiger partial charge in [-0.2, -0.15) is 0 Å². The number of fused-ring (bicyclic) bond motifs is 1. The average molecular weight is 272 g/mol. The first-order valence-electron chi connectivity index (χ1n) is 5.70. The smallest absolute Gasteiger partial charge is 0.184 e. The first kappa shape index (κ1) is 11.9. The molecule has 0 unspecified atom stereocenters. The molecule has 1 aliphatic rings. The largest absolute Gasteiger partial charge is 0.339 e. The van der Waals surface area contributed by atoms with E-state index in [-0.39, 0.29) is 22.6 Å². The molecule has 3 nitrogen and oxygen atoms in total. The van der Waals surface area contributed by atoms with Crippen LogP contribution in [0.2, 0.25) is 5.02 Å². The van der Waals surface area contributed by atoms with Gasteiger partial charge in [-0.05, 0) is 12.1 Å². The van der Waals surface area contributed by atoms with Crippen molar-refractivity contribution in [3.63, 3.8) is 0 Å². The standard InChI is InChI=1S/C12H12ClF2N3/c13-7-3-6-1-2-18(9-5-17-4-8(9)16)12(6)11(15)10(7)14/h1-3,8-9,17H,4-5,16H2/t8-,9+/m1/s1. The molecular weight excluding hydrogens is 260 g/mol. The minimum Gasteiger partial charge on any atom is -0.339 e. The number of aromatic nitrogens is 1. The summed E-state index contributed by atoms with van der Waals surface area (Å²) in [4.78, 5) is 0. The Morgan fingerprint density at radius 1 is 1.33 bits per heavy atom. The van der Waals surface area contributed by atoms with Crippen molar-refractivity contribution in [1.82, 2.24) is 9.88 Å². The Labute approximate surface area is 108 Å². The van der Waals surface area contributed by atoms with Crippen LogP contribution in [-0.2, 0) is 0 Å². The second kappa shape index (κ2) is 4.19. The zero-order valence-corrected chi connectivity index (χ0v) is 10.2. The molecule has 1 aliphatic heterocycles. The Balaban J connectivity index is 2.22. The highest BCUT2D eigenvalue weighted by molar-refractivity contribution is 6.31. The van der Waals surface area contributed by atoms with E-state index in [4.69, 9.17) is 17.3 Å². The fourth-order valence-corrected chi connectivity index (χ4v) is 2.70. The van der Waals surface area contributed by atoms with Gasteiger partial charge in [0.1, 0.15) is 0 Å². The number of hydrogen-bond acceptors (Lipinski definition) is 2. The average Bonchev–Trinajstić information content (AvgIpc) is 2.92. The Bertz CT molecular complexity index is 611. The first-order chi connectivity index (χ1) is 8.59. The van der Waals surface area contributed by atoms with Crippen molar-refractivity contribution in [2.75, 3.05) is 13.1 Å². The number of rotatable bonds is 1. The molecule has 1 aromatic heterocycles. The van der Waals surface area contributed by atoms with Crippen molar-refractivity contribution in [2.24, 2.45) is 5.73 Å². The van der Waals surface area contributed by atoms with Gasteiger partial charge < -0.3 is 15.6 Å². The Morgan fingerprint density at radius 3 is 2.78 bits per heavy atom. The van der Waals surface area contributed by atoms with E-state index in [2.05, 4.69) is 5.32 Å². The zero-order chi connectivity index (χ0) is 12.9. The van der Waals surface area contributed by atoms with Crippen LogP contribution in [0.5, 0.6) is 0 Å². The molecule has 1 fully saturated rings. The lowest BCUT2D eigenvalue weighted by molar-refractivity contribution is 0.481. The molecule has 2 aromatic rings. The molecule has 3 N–H and O–H groups in total. The molecule has 0 aliphatic carbocycles. The summed E-state index contributed by atoms with van der Waals surface area (Å²) in [5.41, 5.74) is 6.18. The van der Waals surface area contributed by atoms with Gasteiger partial charge in [-0.25, -0.2) is 8.78 Å². The molecule has 0 saturated carbocycles. The predicted octanol–water partition coefficient (Wildman–Crippen LogP) is 2.04. The maximum atomic E-state index is 14.0. The lowest BCUT2D eigenvalue weighted by Gasteiger charge is -2.18. The Kier molecular flexibility index (Phi) is 2.77. The maximum Gasteiger partial charge on any atom is 0.184 e. The molecule has 1 saturated heterocycles. The topological polar surface area (TPSA) is 43.0 Å². The molecule has 2 atom stereocenters. The van der Waals surface area contributed by atoms with Gasteiger partial charge in [0.05, 0.1) is 16.6 Å². The molecule has 0 radical (unpaired) electrons. The molecule has 6 heteroatoms. The van der Waals surface area contributed by atoms with Crippen molar-refractivity contribution >= 4 is 22.5 Å². The van der Waals surface area contributed by atoms with Gasteiger partial charge in [0, 0.05) is 30.7 Å². The molecule has 0 bridgehead atoms. The third kappa shape index (κ3) is 1.62.